The van der Waals surface area contributed by atoms with Crippen LogP contribution in [0.2, 0.25) is 0 Å². The summed E-state index contributed by atoms with van der Waals surface area (Å²) in [6.45, 7) is 7.80. The Hall–Kier alpha value is -0.870. The van der Waals surface area contributed by atoms with Crippen LogP contribution in [-0.2, 0) is 4.74 Å². The fourth-order valence-corrected chi connectivity index (χ4v) is 1.91. The quantitative estimate of drug-likeness (QED) is 0.752. The van der Waals surface area contributed by atoms with Crippen LogP contribution in [0.15, 0.2) is 0 Å². The van der Waals surface area contributed by atoms with E-state index in [1.54, 1.807) is 20.8 Å². The maximum Gasteiger partial charge on any atom is 0.410 e. The predicted molar refractivity (Wildman–Crippen MR) is 61.1 cm³/mol. The molecule has 1 fully saturated rings. The molecule has 0 N–H and O–H groups in total. The Labute approximate surface area is 101 Å². The summed E-state index contributed by atoms with van der Waals surface area (Å²) in [6, 6.07) is 0. The Morgan fingerprint density at radius 1 is 1.41 bits per heavy atom. The highest BCUT2D eigenvalue weighted by Gasteiger charge is 2.35. The largest absolute Gasteiger partial charge is 0.444 e. The highest BCUT2D eigenvalue weighted by atomic mass is 19.3. The maximum atomic E-state index is 12.5. The van der Waals surface area contributed by atoms with Gasteiger partial charge in [0, 0.05) is 19.0 Å². The second-order valence-corrected chi connectivity index (χ2v) is 5.67. The van der Waals surface area contributed by atoms with E-state index in [1.165, 1.54) is 11.8 Å². The normalized spacial score (nSPS) is 23.0. The third-order valence-corrected chi connectivity index (χ3v) is 3.02. The number of likely N-dealkylation sites (tertiary alicyclic amines) is 1. The van der Waals surface area contributed by atoms with Crippen LogP contribution in [0.3, 0.4) is 0 Å². The fourth-order valence-electron chi connectivity index (χ4n) is 1.91. The van der Waals surface area contributed by atoms with E-state index in [2.05, 4.69) is 0 Å². The van der Waals surface area contributed by atoms with Crippen molar-refractivity contribution in [1.29, 1.82) is 0 Å². The summed E-state index contributed by atoms with van der Waals surface area (Å²) in [6.07, 6.45) is -2.09. The first kappa shape index (κ1) is 14.2. The molecule has 1 rings (SSSR count). The first-order chi connectivity index (χ1) is 7.70. The topological polar surface area (TPSA) is 29.5 Å². The van der Waals surface area contributed by atoms with Gasteiger partial charge in [0.1, 0.15) is 5.60 Å². The molecule has 1 amide bonds. The van der Waals surface area contributed by atoms with E-state index >= 15 is 0 Å². The van der Waals surface area contributed by atoms with Gasteiger partial charge in [0.05, 0.1) is 0 Å². The third-order valence-electron chi connectivity index (χ3n) is 3.02. The zero-order valence-electron chi connectivity index (χ0n) is 10.9. The van der Waals surface area contributed by atoms with Gasteiger partial charge in [0.25, 0.3) is 0 Å². The van der Waals surface area contributed by atoms with Gasteiger partial charge in [-0.1, -0.05) is 6.92 Å². The van der Waals surface area contributed by atoms with Crippen LogP contribution in [-0.4, -0.2) is 36.1 Å². The molecule has 1 aliphatic heterocycles. The van der Waals surface area contributed by atoms with E-state index in [0.717, 1.165) is 0 Å². The van der Waals surface area contributed by atoms with Crippen molar-refractivity contribution in [3.8, 4) is 0 Å². The number of alkyl halides is 2. The van der Waals surface area contributed by atoms with Gasteiger partial charge in [-0.2, -0.15) is 0 Å². The molecule has 1 aliphatic rings. The molecule has 5 heteroatoms. The first-order valence-corrected chi connectivity index (χ1v) is 5.97. The molecule has 0 aromatic rings. The summed E-state index contributed by atoms with van der Waals surface area (Å²) >= 11 is 0. The van der Waals surface area contributed by atoms with Crippen LogP contribution in [0.5, 0.6) is 0 Å². The SMILES string of the molecule is CC(C(F)F)C1CCN(C(=O)OC(C)(C)C)C1. The molecule has 1 saturated heterocycles. The molecule has 0 saturated carbocycles. The lowest BCUT2D eigenvalue weighted by molar-refractivity contribution is 0.0245. The molecule has 3 nitrogen and oxygen atoms in total. The van der Waals surface area contributed by atoms with Crippen LogP contribution in [0.1, 0.15) is 34.1 Å². The minimum absolute atomic E-state index is 0.123. The van der Waals surface area contributed by atoms with Crippen LogP contribution in [0.4, 0.5) is 13.6 Å². The minimum atomic E-state index is -2.32. The number of hydrogen-bond acceptors (Lipinski definition) is 2. The lowest BCUT2D eigenvalue weighted by Gasteiger charge is -2.25. The summed E-state index contributed by atoms with van der Waals surface area (Å²) in [7, 11) is 0. The van der Waals surface area contributed by atoms with E-state index in [9.17, 15) is 13.6 Å². The molecule has 0 spiro atoms. The van der Waals surface area contributed by atoms with Gasteiger partial charge in [-0.05, 0) is 33.1 Å². The highest BCUT2D eigenvalue weighted by molar-refractivity contribution is 5.68. The zero-order chi connectivity index (χ0) is 13.2. The molecular weight excluding hydrogens is 228 g/mol. The van der Waals surface area contributed by atoms with Crippen LogP contribution in [0, 0.1) is 11.8 Å². The lowest BCUT2D eigenvalue weighted by Crippen LogP contribution is -2.36. The molecular formula is C12H21F2NO2. The summed E-state index contributed by atoms with van der Waals surface area (Å²) < 4.78 is 30.3. The number of halogens is 2. The minimum Gasteiger partial charge on any atom is -0.444 e. The number of rotatable bonds is 2. The monoisotopic (exact) mass is 249 g/mol. The number of hydrogen-bond donors (Lipinski definition) is 0. The van der Waals surface area contributed by atoms with Crippen molar-refractivity contribution in [1.82, 2.24) is 4.90 Å². The van der Waals surface area contributed by atoms with Gasteiger partial charge >= 0.3 is 6.09 Å². The molecule has 2 unspecified atom stereocenters. The van der Waals surface area contributed by atoms with Crippen molar-refractivity contribution in [2.24, 2.45) is 11.8 Å². The second kappa shape index (κ2) is 5.19. The Balaban J connectivity index is 2.48. The highest BCUT2D eigenvalue weighted by Crippen LogP contribution is 2.29. The first-order valence-electron chi connectivity index (χ1n) is 5.97. The molecule has 1 heterocycles. The Morgan fingerprint density at radius 3 is 2.47 bits per heavy atom. The fraction of sp³-hybridized carbons (Fsp3) is 0.917. The number of ether oxygens (including phenoxy) is 1. The van der Waals surface area contributed by atoms with Crippen molar-refractivity contribution in [3.63, 3.8) is 0 Å². The molecule has 0 aliphatic carbocycles. The van der Waals surface area contributed by atoms with Crippen LogP contribution in [0.25, 0.3) is 0 Å². The lowest BCUT2D eigenvalue weighted by atomic mass is 9.94. The van der Waals surface area contributed by atoms with Crippen molar-refractivity contribution < 1.29 is 18.3 Å². The van der Waals surface area contributed by atoms with E-state index in [1.807, 2.05) is 0 Å². The Bertz CT molecular complexity index is 276. The smallest absolute Gasteiger partial charge is 0.410 e. The molecule has 0 bridgehead atoms. The molecule has 0 aromatic heterocycles. The van der Waals surface area contributed by atoms with Gasteiger partial charge in [-0.3, -0.25) is 0 Å². The molecule has 100 valence electrons. The predicted octanol–water partition coefficient (Wildman–Crippen LogP) is 3.14. The Kier molecular flexibility index (Phi) is 4.33. The number of carbonyl (C=O) groups excluding carboxylic acids is 1. The maximum absolute atomic E-state index is 12.5. The van der Waals surface area contributed by atoms with Crippen molar-refractivity contribution in [3.05, 3.63) is 0 Å². The van der Waals surface area contributed by atoms with Gasteiger partial charge in [-0.25, -0.2) is 13.6 Å². The Morgan fingerprint density at radius 2 is 2.00 bits per heavy atom. The van der Waals surface area contributed by atoms with Gasteiger partial charge < -0.3 is 9.64 Å². The van der Waals surface area contributed by atoms with E-state index in [0.29, 0.717) is 19.5 Å². The molecule has 0 aromatic carbocycles. The molecule has 17 heavy (non-hydrogen) atoms. The van der Waals surface area contributed by atoms with Gasteiger partial charge in [0.2, 0.25) is 6.43 Å². The summed E-state index contributed by atoms with van der Waals surface area (Å²) in [5.74, 6) is -0.787. The molecule has 2 atom stereocenters. The van der Waals surface area contributed by atoms with Crippen LogP contribution < -0.4 is 0 Å². The molecule has 0 radical (unpaired) electrons. The van der Waals surface area contributed by atoms with E-state index in [4.69, 9.17) is 4.74 Å². The van der Waals surface area contributed by atoms with Crippen molar-refractivity contribution in [2.75, 3.05) is 13.1 Å². The standard InChI is InChI=1S/C12H21F2NO2/c1-8(10(13)14)9-5-6-15(7-9)11(16)17-12(2,3)4/h8-10H,5-7H2,1-4H3. The van der Waals surface area contributed by atoms with E-state index < -0.39 is 24.0 Å². The van der Waals surface area contributed by atoms with E-state index in [-0.39, 0.29) is 5.92 Å². The van der Waals surface area contributed by atoms with Gasteiger partial charge in [0.15, 0.2) is 0 Å². The summed E-state index contributed by atoms with van der Waals surface area (Å²) in [4.78, 5) is 13.2. The number of carbonyl (C=O) groups is 1. The summed E-state index contributed by atoms with van der Waals surface area (Å²) in [5.41, 5.74) is -0.538. The number of amides is 1. The van der Waals surface area contributed by atoms with Crippen molar-refractivity contribution >= 4 is 6.09 Å². The van der Waals surface area contributed by atoms with Crippen LogP contribution >= 0.6 is 0 Å². The van der Waals surface area contributed by atoms with Gasteiger partial charge in [-0.15, -0.1) is 0 Å². The second-order valence-electron chi connectivity index (χ2n) is 5.67. The average molecular weight is 249 g/mol. The average Bonchev–Trinajstić information content (AvgIpc) is 2.62. The van der Waals surface area contributed by atoms with Crippen molar-refractivity contribution in [2.45, 2.75) is 46.1 Å². The number of nitrogens with zero attached hydrogens (tertiary/aromatic N) is 1. The summed E-state index contributed by atoms with van der Waals surface area (Å²) in [5, 5.41) is 0. The third kappa shape index (κ3) is 4.13. The zero-order valence-corrected chi connectivity index (χ0v) is 10.9.